The van der Waals surface area contributed by atoms with Crippen LogP contribution in [0.2, 0.25) is 0 Å². The Morgan fingerprint density at radius 2 is 1.94 bits per heavy atom. The molecular weight excluding hydrogens is 412 g/mol. The Morgan fingerprint density at radius 1 is 1.19 bits per heavy atom. The fourth-order valence-corrected chi connectivity index (χ4v) is 5.93. The minimum atomic E-state index is -0.483. The minimum Gasteiger partial charge on any atom is -0.493 e. The topological polar surface area (TPSA) is 59.1 Å². The molecule has 1 fully saturated rings. The molecule has 1 saturated heterocycles. The molecule has 2 amide bonds. The van der Waals surface area contributed by atoms with E-state index in [1.54, 1.807) is 43.6 Å². The zero-order valence-electron chi connectivity index (χ0n) is 18.6. The molecule has 2 aliphatic heterocycles. The average molecular weight is 443 g/mol. The average Bonchev–Trinajstić information content (AvgIpc) is 3.34. The zero-order chi connectivity index (χ0) is 22.1. The number of piperidine rings is 1. The standard InChI is InChI=1S/C24H30N2O4S/c1-5-15-9-6-7-11-26(15)24(28)21-16-13-18(29-3)19(30-4)14-17(16)23(27)25(2)22(21)20-10-8-12-31-20/h8,10,12-15,21-22H,5-7,9,11H2,1-4H3. The van der Waals surface area contributed by atoms with Gasteiger partial charge in [-0.2, -0.15) is 0 Å². The number of thiophene rings is 1. The lowest BCUT2D eigenvalue weighted by Gasteiger charge is -2.44. The first kappa shape index (κ1) is 21.7. The van der Waals surface area contributed by atoms with Crippen molar-refractivity contribution in [2.45, 2.75) is 50.6 Å². The van der Waals surface area contributed by atoms with Crippen molar-refractivity contribution in [3.63, 3.8) is 0 Å². The van der Waals surface area contributed by atoms with Gasteiger partial charge in [0.15, 0.2) is 11.5 Å². The first-order chi connectivity index (χ1) is 15.0. The van der Waals surface area contributed by atoms with Crippen molar-refractivity contribution in [1.82, 2.24) is 9.80 Å². The smallest absolute Gasteiger partial charge is 0.254 e. The summed E-state index contributed by atoms with van der Waals surface area (Å²) in [5, 5.41) is 2.00. The van der Waals surface area contributed by atoms with Gasteiger partial charge in [0.05, 0.1) is 26.2 Å². The molecule has 0 aliphatic carbocycles. The predicted octanol–water partition coefficient (Wildman–Crippen LogP) is 4.47. The highest BCUT2D eigenvalue weighted by Gasteiger charge is 2.46. The second-order valence-corrected chi connectivity index (χ2v) is 9.22. The molecule has 0 bridgehead atoms. The Labute approximate surface area is 187 Å². The molecule has 7 heteroatoms. The van der Waals surface area contributed by atoms with Crippen LogP contribution in [-0.4, -0.2) is 55.5 Å². The first-order valence-corrected chi connectivity index (χ1v) is 11.8. The van der Waals surface area contributed by atoms with E-state index in [1.165, 1.54) is 0 Å². The quantitative estimate of drug-likeness (QED) is 0.686. The van der Waals surface area contributed by atoms with Gasteiger partial charge < -0.3 is 19.3 Å². The van der Waals surface area contributed by atoms with E-state index in [1.807, 2.05) is 23.6 Å². The Bertz CT molecular complexity index is 959. The maximum atomic E-state index is 14.1. The molecule has 1 aromatic carbocycles. The summed E-state index contributed by atoms with van der Waals surface area (Å²) in [5.41, 5.74) is 1.24. The summed E-state index contributed by atoms with van der Waals surface area (Å²) < 4.78 is 11.0. The molecule has 166 valence electrons. The van der Waals surface area contributed by atoms with Gasteiger partial charge in [0.2, 0.25) is 5.91 Å². The van der Waals surface area contributed by atoms with E-state index in [-0.39, 0.29) is 23.9 Å². The number of benzene rings is 1. The summed E-state index contributed by atoms with van der Waals surface area (Å²) in [4.78, 5) is 32.3. The highest BCUT2D eigenvalue weighted by molar-refractivity contribution is 7.10. The van der Waals surface area contributed by atoms with Crippen LogP contribution < -0.4 is 9.47 Å². The predicted molar refractivity (Wildman–Crippen MR) is 121 cm³/mol. The maximum Gasteiger partial charge on any atom is 0.254 e. The molecule has 0 saturated carbocycles. The van der Waals surface area contributed by atoms with Crippen LogP contribution in [0.3, 0.4) is 0 Å². The minimum absolute atomic E-state index is 0.0952. The summed E-state index contributed by atoms with van der Waals surface area (Å²) in [5.74, 6) is 0.533. The number of likely N-dealkylation sites (N-methyl/N-ethyl adjacent to an activating group) is 1. The summed E-state index contributed by atoms with van der Waals surface area (Å²) in [6.07, 6.45) is 4.15. The highest BCUT2D eigenvalue weighted by atomic mass is 32.1. The third kappa shape index (κ3) is 3.69. The Hall–Kier alpha value is -2.54. The van der Waals surface area contributed by atoms with Gasteiger partial charge in [-0.15, -0.1) is 11.3 Å². The van der Waals surface area contributed by atoms with Gasteiger partial charge in [-0.25, -0.2) is 0 Å². The Balaban J connectivity index is 1.89. The van der Waals surface area contributed by atoms with Crippen molar-refractivity contribution in [1.29, 1.82) is 0 Å². The number of nitrogens with zero attached hydrogens (tertiary/aromatic N) is 2. The molecule has 2 aromatic rings. The first-order valence-electron chi connectivity index (χ1n) is 10.9. The van der Waals surface area contributed by atoms with Gasteiger partial charge in [-0.1, -0.05) is 13.0 Å². The van der Waals surface area contributed by atoms with Crippen LogP contribution in [-0.2, 0) is 4.79 Å². The summed E-state index contributed by atoms with van der Waals surface area (Å²) in [6, 6.07) is 7.43. The van der Waals surface area contributed by atoms with Crippen LogP contribution in [0.4, 0.5) is 0 Å². The third-order valence-electron chi connectivity index (χ3n) is 6.66. The normalized spacial score (nSPS) is 23.5. The number of hydrogen-bond acceptors (Lipinski definition) is 5. The molecule has 4 rings (SSSR count). The number of likely N-dealkylation sites (tertiary alicyclic amines) is 1. The highest BCUT2D eigenvalue weighted by Crippen LogP contribution is 2.47. The van der Waals surface area contributed by atoms with Gasteiger partial charge in [0.1, 0.15) is 0 Å². The summed E-state index contributed by atoms with van der Waals surface area (Å²) in [6.45, 7) is 2.91. The van der Waals surface area contributed by atoms with E-state index in [4.69, 9.17) is 9.47 Å². The van der Waals surface area contributed by atoms with Crippen LogP contribution in [0.5, 0.6) is 11.5 Å². The molecule has 3 unspecified atom stereocenters. The number of carbonyl (C=O) groups is 2. The van der Waals surface area contributed by atoms with E-state index in [0.29, 0.717) is 17.1 Å². The fourth-order valence-electron chi connectivity index (χ4n) is 5.02. The fraction of sp³-hybridized carbons (Fsp3) is 0.500. The van der Waals surface area contributed by atoms with Gasteiger partial charge in [-0.05, 0) is 54.8 Å². The summed E-state index contributed by atoms with van der Waals surface area (Å²) in [7, 11) is 4.92. The third-order valence-corrected chi connectivity index (χ3v) is 7.60. The molecule has 2 aliphatic rings. The van der Waals surface area contributed by atoms with Crippen LogP contribution in [0, 0.1) is 0 Å². The SMILES string of the molecule is CCC1CCCCN1C(=O)C1c2cc(OC)c(OC)cc2C(=O)N(C)C1c1cccs1. The molecule has 3 atom stereocenters. The molecule has 0 radical (unpaired) electrons. The van der Waals surface area contributed by atoms with Crippen molar-refractivity contribution in [3.8, 4) is 11.5 Å². The van der Waals surface area contributed by atoms with E-state index >= 15 is 0 Å². The number of carbonyl (C=O) groups excluding carboxylic acids is 2. The lowest BCUT2D eigenvalue weighted by atomic mass is 9.80. The molecule has 31 heavy (non-hydrogen) atoms. The van der Waals surface area contributed by atoms with Crippen molar-refractivity contribution in [2.24, 2.45) is 0 Å². The van der Waals surface area contributed by atoms with Crippen LogP contribution >= 0.6 is 11.3 Å². The van der Waals surface area contributed by atoms with Crippen molar-refractivity contribution < 1.29 is 19.1 Å². The lowest BCUT2D eigenvalue weighted by Crippen LogP contribution is -2.50. The van der Waals surface area contributed by atoms with Gasteiger partial charge >= 0.3 is 0 Å². The summed E-state index contributed by atoms with van der Waals surface area (Å²) >= 11 is 1.58. The number of methoxy groups -OCH3 is 2. The number of rotatable bonds is 5. The molecular formula is C24H30N2O4S. The second kappa shape index (κ2) is 8.91. The number of amides is 2. The van der Waals surface area contributed by atoms with Crippen molar-refractivity contribution in [2.75, 3.05) is 27.8 Å². The molecule has 6 nitrogen and oxygen atoms in total. The molecule has 0 spiro atoms. The van der Waals surface area contributed by atoms with Crippen molar-refractivity contribution in [3.05, 3.63) is 45.6 Å². The lowest BCUT2D eigenvalue weighted by molar-refractivity contribution is -0.138. The van der Waals surface area contributed by atoms with E-state index in [0.717, 1.165) is 42.7 Å². The zero-order valence-corrected chi connectivity index (χ0v) is 19.4. The number of fused-ring (bicyclic) bond motifs is 1. The van der Waals surface area contributed by atoms with Gasteiger partial charge in [0.25, 0.3) is 5.91 Å². The largest absolute Gasteiger partial charge is 0.493 e. The van der Waals surface area contributed by atoms with E-state index in [9.17, 15) is 9.59 Å². The van der Waals surface area contributed by atoms with Gasteiger partial charge in [0, 0.05) is 30.1 Å². The van der Waals surface area contributed by atoms with E-state index < -0.39 is 5.92 Å². The van der Waals surface area contributed by atoms with Crippen LogP contribution in [0.1, 0.15) is 65.4 Å². The Kier molecular flexibility index (Phi) is 6.23. The Morgan fingerprint density at radius 3 is 2.58 bits per heavy atom. The molecule has 3 heterocycles. The number of ether oxygens (including phenoxy) is 2. The van der Waals surface area contributed by atoms with E-state index in [2.05, 4.69) is 11.8 Å². The van der Waals surface area contributed by atoms with Gasteiger partial charge in [-0.3, -0.25) is 9.59 Å². The van der Waals surface area contributed by atoms with Crippen LogP contribution in [0.25, 0.3) is 0 Å². The monoisotopic (exact) mass is 442 g/mol. The van der Waals surface area contributed by atoms with Crippen molar-refractivity contribution >= 4 is 23.2 Å². The maximum absolute atomic E-state index is 14.1. The second-order valence-electron chi connectivity index (χ2n) is 8.24. The molecule has 1 aromatic heterocycles. The number of hydrogen-bond donors (Lipinski definition) is 0. The van der Waals surface area contributed by atoms with Crippen LogP contribution in [0.15, 0.2) is 29.6 Å². The molecule has 0 N–H and O–H groups in total.